The summed E-state index contributed by atoms with van der Waals surface area (Å²) in [4.78, 5) is 21.3. The molecule has 0 aliphatic rings. The van der Waals surface area contributed by atoms with Crippen molar-refractivity contribution >= 4 is 11.9 Å². The quantitative estimate of drug-likeness (QED) is 0.600. The van der Waals surface area contributed by atoms with Gasteiger partial charge in [0.05, 0.1) is 12.3 Å². The van der Waals surface area contributed by atoms with Crippen molar-refractivity contribution in [2.75, 3.05) is 6.54 Å². The van der Waals surface area contributed by atoms with E-state index in [1.54, 1.807) is 6.92 Å². The first-order valence-electron chi connectivity index (χ1n) is 4.04. The van der Waals surface area contributed by atoms with Crippen molar-refractivity contribution in [3.05, 3.63) is 0 Å². The predicted octanol–water partition coefficient (Wildman–Crippen LogP) is 0.237. The van der Waals surface area contributed by atoms with Gasteiger partial charge in [-0.15, -0.1) is 6.42 Å². The summed E-state index contributed by atoms with van der Waals surface area (Å²) in [5, 5.41) is 11.1. The molecular formula is C9H13NO3. The fourth-order valence-corrected chi connectivity index (χ4v) is 0.799. The molecule has 0 aromatic heterocycles. The molecule has 0 aliphatic heterocycles. The van der Waals surface area contributed by atoms with Crippen molar-refractivity contribution in [2.45, 2.75) is 19.8 Å². The minimum atomic E-state index is -0.900. The Balaban J connectivity index is 3.80. The molecule has 0 radical (unpaired) electrons. The zero-order valence-electron chi connectivity index (χ0n) is 7.54. The van der Waals surface area contributed by atoms with Crippen LogP contribution < -0.4 is 5.32 Å². The van der Waals surface area contributed by atoms with Gasteiger partial charge in [0.25, 0.3) is 0 Å². The standard InChI is InChI=1S/C9H13NO3/c1-3-5-8(11)10-6-7(4-2)9(12)13/h1,7H,4-6H2,2H3,(H,10,11)(H,12,13). The van der Waals surface area contributed by atoms with E-state index >= 15 is 0 Å². The van der Waals surface area contributed by atoms with Crippen LogP contribution in [0.4, 0.5) is 0 Å². The molecule has 4 heteroatoms. The molecule has 2 N–H and O–H groups in total. The number of terminal acetylenes is 1. The van der Waals surface area contributed by atoms with Crippen molar-refractivity contribution in [1.29, 1.82) is 0 Å². The van der Waals surface area contributed by atoms with Crippen LogP contribution in [0.1, 0.15) is 19.8 Å². The van der Waals surface area contributed by atoms with Crippen LogP contribution in [-0.4, -0.2) is 23.5 Å². The van der Waals surface area contributed by atoms with Gasteiger partial charge in [0.1, 0.15) is 0 Å². The lowest BCUT2D eigenvalue weighted by molar-refractivity contribution is -0.141. The zero-order valence-corrected chi connectivity index (χ0v) is 7.54. The molecule has 1 unspecified atom stereocenters. The maximum Gasteiger partial charge on any atom is 0.308 e. The summed E-state index contributed by atoms with van der Waals surface area (Å²) in [6.45, 7) is 1.90. The summed E-state index contributed by atoms with van der Waals surface area (Å²) >= 11 is 0. The number of hydrogen-bond donors (Lipinski definition) is 2. The van der Waals surface area contributed by atoms with Crippen LogP contribution in [-0.2, 0) is 9.59 Å². The molecule has 1 atom stereocenters. The van der Waals surface area contributed by atoms with Gasteiger partial charge in [0.2, 0.25) is 5.91 Å². The number of carboxylic acid groups (broad SMARTS) is 1. The van der Waals surface area contributed by atoms with Crippen LogP contribution in [0.25, 0.3) is 0 Å². The van der Waals surface area contributed by atoms with Crippen molar-refractivity contribution in [1.82, 2.24) is 5.32 Å². The molecule has 0 saturated carbocycles. The molecule has 0 heterocycles. The SMILES string of the molecule is C#CCC(=O)NCC(CC)C(=O)O. The Labute approximate surface area is 77.3 Å². The van der Waals surface area contributed by atoms with Crippen LogP contribution in [0, 0.1) is 18.3 Å². The van der Waals surface area contributed by atoms with Gasteiger partial charge in [-0.3, -0.25) is 9.59 Å². The fraction of sp³-hybridized carbons (Fsp3) is 0.556. The maximum absolute atomic E-state index is 10.8. The Bertz CT molecular complexity index is 230. The third-order valence-electron chi connectivity index (χ3n) is 1.65. The number of carbonyl (C=O) groups is 2. The second-order valence-corrected chi connectivity index (χ2v) is 2.63. The van der Waals surface area contributed by atoms with Gasteiger partial charge in [-0.1, -0.05) is 12.8 Å². The Morgan fingerprint density at radius 2 is 2.23 bits per heavy atom. The number of hydrogen-bond acceptors (Lipinski definition) is 2. The van der Waals surface area contributed by atoms with Gasteiger partial charge in [-0.2, -0.15) is 0 Å². The van der Waals surface area contributed by atoms with E-state index in [1.165, 1.54) is 0 Å². The van der Waals surface area contributed by atoms with Crippen molar-refractivity contribution in [3.8, 4) is 12.3 Å². The second-order valence-electron chi connectivity index (χ2n) is 2.63. The van der Waals surface area contributed by atoms with Crippen LogP contribution in [0.2, 0.25) is 0 Å². The van der Waals surface area contributed by atoms with E-state index in [1.807, 2.05) is 0 Å². The molecule has 4 nitrogen and oxygen atoms in total. The van der Waals surface area contributed by atoms with Gasteiger partial charge in [-0.05, 0) is 6.42 Å². The average Bonchev–Trinajstić information content (AvgIpc) is 2.05. The topological polar surface area (TPSA) is 66.4 Å². The number of rotatable bonds is 5. The van der Waals surface area contributed by atoms with E-state index in [0.29, 0.717) is 6.42 Å². The fourth-order valence-electron chi connectivity index (χ4n) is 0.799. The monoisotopic (exact) mass is 183 g/mol. The third kappa shape index (κ3) is 4.86. The number of aliphatic carboxylic acids is 1. The van der Waals surface area contributed by atoms with Gasteiger partial charge >= 0.3 is 5.97 Å². The summed E-state index contributed by atoms with van der Waals surface area (Å²) in [6.07, 6.45) is 5.39. The Kier molecular flexibility index (Phi) is 5.37. The largest absolute Gasteiger partial charge is 0.481 e. The van der Waals surface area contributed by atoms with Gasteiger partial charge < -0.3 is 10.4 Å². The normalized spacial score (nSPS) is 11.4. The van der Waals surface area contributed by atoms with E-state index in [2.05, 4.69) is 11.2 Å². The number of nitrogens with one attached hydrogen (secondary N) is 1. The molecule has 0 bridgehead atoms. The van der Waals surface area contributed by atoms with Gasteiger partial charge in [-0.25, -0.2) is 0 Å². The smallest absolute Gasteiger partial charge is 0.308 e. The van der Waals surface area contributed by atoms with Crippen molar-refractivity contribution < 1.29 is 14.7 Å². The van der Waals surface area contributed by atoms with E-state index in [-0.39, 0.29) is 18.9 Å². The molecule has 1 amide bonds. The van der Waals surface area contributed by atoms with Gasteiger partial charge in [0, 0.05) is 6.54 Å². The molecule has 0 rings (SSSR count). The Morgan fingerprint density at radius 1 is 1.62 bits per heavy atom. The number of carboxylic acids is 1. The molecule has 0 aromatic carbocycles. The second kappa shape index (κ2) is 6.06. The van der Waals surface area contributed by atoms with Crippen LogP contribution >= 0.6 is 0 Å². The highest BCUT2D eigenvalue weighted by molar-refractivity contribution is 5.79. The van der Waals surface area contributed by atoms with Crippen LogP contribution in [0.5, 0.6) is 0 Å². The molecule has 0 saturated heterocycles. The first-order valence-corrected chi connectivity index (χ1v) is 4.04. The summed E-state index contributed by atoms with van der Waals surface area (Å²) in [5.41, 5.74) is 0. The predicted molar refractivity (Wildman–Crippen MR) is 47.9 cm³/mol. The minimum Gasteiger partial charge on any atom is -0.481 e. The Morgan fingerprint density at radius 3 is 2.62 bits per heavy atom. The summed E-state index contributed by atoms with van der Waals surface area (Å²) in [5.74, 6) is 0.450. The first kappa shape index (κ1) is 11.5. The lowest BCUT2D eigenvalue weighted by atomic mass is 10.1. The van der Waals surface area contributed by atoms with E-state index in [9.17, 15) is 9.59 Å². The summed E-state index contributed by atoms with van der Waals surface area (Å²) in [6, 6.07) is 0. The third-order valence-corrected chi connectivity index (χ3v) is 1.65. The highest BCUT2D eigenvalue weighted by Crippen LogP contribution is 2.00. The molecule has 72 valence electrons. The zero-order chi connectivity index (χ0) is 10.3. The van der Waals surface area contributed by atoms with E-state index in [4.69, 9.17) is 11.5 Å². The number of carbonyl (C=O) groups excluding carboxylic acids is 1. The summed E-state index contributed by atoms with van der Waals surface area (Å²) < 4.78 is 0. The number of amides is 1. The van der Waals surface area contributed by atoms with Crippen molar-refractivity contribution in [2.24, 2.45) is 5.92 Å². The van der Waals surface area contributed by atoms with Gasteiger partial charge in [0.15, 0.2) is 0 Å². The maximum atomic E-state index is 10.8. The molecule has 0 spiro atoms. The van der Waals surface area contributed by atoms with Crippen LogP contribution in [0.3, 0.4) is 0 Å². The Hall–Kier alpha value is -1.50. The molecular weight excluding hydrogens is 170 g/mol. The minimum absolute atomic E-state index is 0.00392. The highest BCUT2D eigenvalue weighted by atomic mass is 16.4. The summed E-state index contributed by atoms with van der Waals surface area (Å²) in [7, 11) is 0. The lowest BCUT2D eigenvalue weighted by Gasteiger charge is -2.09. The van der Waals surface area contributed by atoms with E-state index in [0.717, 1.165) is 0 Å². The highest BCUT2D eigenvalue weighted by Gasteiger charge is 2.15. The molecule has 13 heavy (non-hydrogen) atoms. The molecule has 0 aliphatic carbocycles. The van der Waals surface area contributed by atoms with Crippen LogP contribution in [0.15, 0.2) is 0 Å². The average molecular weight is 183 g/mol. The first-order chi connectivity index (χ1) is 6.11. The lowest BCUT2D eigenvalue weighted by Crippen LogP contribution is -2.32. The molecule has 0 fully saturated rings. The van der Waals surface area contributed by atoms with Crippen molar-refractivity contribution in [3.63, 3.8) is 0 Å². The molecule has 0 aromatic rings. The van der Waals surface area contributed by atoms with E-state index < -0.39 is 11.9 Å².